The van der Waals surface area contributed by atoms with Crippen molar-refractivity contribution in [2.45, 2.75) is 26.2 Å². The molecule has 0 unspecified atom stereocenters. The highest BCUT2D eigenvalue weighted by molar-refractivity contribution is 5.82. The predicted molar refractivity (Wildman–Crippen MR) is 96.5 cm³/mol. The molecule has 1 heteroatoms. The van der Waals surface area contributed by atoms with Gasteiger partial charge in [-0.25, -0.2) is 0 Å². The van der Waals surface area contributed by atoms with Gasteiger partial charge in [0.25, 0.3) is 0 Å². The van der Waals surface area contributed by atoms with E-state index in [4.69, 9.17) is 0 Å². The van der Waals surface area contributed by atoms with E-state index in [1.54, 1.807) is 0 Å². The molecule has 0 saturated heterocycles. The Bertz CT molecular complexity index is 944. The number of anilines is 1. The van der Waals surface area contributed by atoms with Crippen LogP contribution >= 0.6 is 0 Å². The topological polar surface area (TPSA) is 12.0 Å². The molecule has 0 bridgehead atoms. The van der Waals surface area contributed by atoms with Crippen LogP contribution in [0.2, 0.25) is 0 Å². The van der Waals surface area contributed by atoms with Crippen LogP contribution < -0.4 is 5.32 Å². The predicted octanol–water partition coefficient (Wildman–Crippen LogP) is 5.56. The molecule has 0 amide bonds. The fourth-order valence-electron chi connectivity index (χ4n) is 3.47. The summed E-state index contributed by atoms with van der Waals surface area (Å²) in [4.78, 5) is 0. The van der Waals surface area contributed by atoms with E-state index in [-0.39, 0.29) is 5.41 Å². The zero-order valence-corrected chi connectivity index (χ0v) is 13.7. The summed E-state index contributed by atoms with van der Waals surface area (Å²) in [6.45, 7) is 6.62. The molecule has 0 fully saturated rings. The maximum absolute atomic E-state index is 3.44. The lowest BCUT2D eigenvalue weighted by molar-refractivity contribution is 0.660. The Morgan fingerprint density at radius 1 is 0.870 bits per heavy atom. The van der Waals surface area contributed by atoms with Crippen LogP contribution in [0.5, 0.6) is 0 Å². The maximum Gasteiger partial charge on any atom is 0.0901 e. The van der Waals surface area contributed by atoms with E-state index in [9.17, 15) is 0 Å². The number of nitrogens with one attached hydrogen (secondary N) is 1. The van der Waals surface area contributed by atoms with E-state index in [2.05, 4.69) is 73.1 Å². The first-order valence-electron chi connectivity index (χ1n) is 7.98. The number of rotatable bonds is 2. The molecule has 0 spiro atoms. The molecule has 0 heterocycles. The molecule has 1 nitrogen and oxygen atoms in total. The van der Waals surface area contributed by atoms with Gasteiger partial charge in [-0.05, 0) is 64.8 Å². The van der Waals surface area contributed by atoms with Gasteiger partial charge in [0, 0.05) is 11.1 Å². The largest absolute Gasteiger partial charge is 0.349 e. The van der Waals surface area contributed by atoms with Crippen LogP contribution in [0.4, 0.5) is 5.69 Å². The van der Waals surface area contributed by atoms with Crippen molar-refractivity contribution in [1.29, 1.82) is 0 Å². The Morgan fingerprint density at radius 3 is 2.43 bits per heavy atom. The zero-order chi connectivity index (χ0) is 16.0. The van der Waals surface area contributed by atoms with Gasteiger partial charge in [-0.3, -0.25) is 0 Å². The number of hydrogen-bond donors (Lipinski definition) is 1. The lowest BCUT2D eigenvalue weighted by Crippen LogP contribution is -2.15. The molecular formula is C22H19N. The molecule has 0 aromatic heterocycles. The van der Waals surface area contributed by atoms with Gasteiger partial charge in [-0.1, -0.05) is 49.9 Å². The van der Waals surface area contributed by atoms with Crippen LogP contribution in [0.1, 0.15) is 31.9 Å². The van der Waals surface area contributed by atoms with Crippen LogP contribution in [-0.4, -0.2) is 0 Å². The van der Waals surface area contributed by atoms with Gasteiger partial charge in [0.2, 0.25) is 0 Å². The Hall–Kier alpha value is -2.72. The summed E-state index contributed by atoms with van der Waals surface area (Å²) in [5.41, 5.74) is 14.9. The van der Waals surface area contributed by atoms with E-state index in [1.165, 1.54) is 22.3 Å². The van der Waals surface area contributed by atoms with Crippen LogP contribution in [0.25, 0.3) is 11.1 Å². The van der Waals surface area contributed by atoms with E-state index >= 15 is 0 Å². The summed E-state index contributed by atoms with van der Waals surface area (Å²) in [5.74, 6) is 0. The van der Waals surface area contributed by atoms with Crippen molar-refractivity contribution in [2.75, 3.05) is 5.32 Å². The molecule has 23 heavy (non-hydrogen) atoms. The number of benzene rings is 2. The molecule has 2 aliphatic carbocycles. The van der Waals surface area contributed by atoms with E-state index in [1.807, 2.05) is 19.1 Å². The second-order valence-corrected chi connectivity index (χ2v) is 6.74. The highest BCUT2D eigenvalue weighted by Gasteiger charge is 2.35. The monoisotopic (exact) mass is 297 g/mol. The summed E-state index contributed by atoms with van der Waals surface area (Å²) in [6.07, 6.45) is 4.09. The molecule has 112 valence electrons. The molecule has 1 N–H and O–H groups in total. The van der Waals surface area contributed by atoms with Gasteiger partial charge in [-0.15, -0.1) is 0 Å². The summed E-state index contributed by atoms with van der Waals surface area (Å²) >= 11 is 0. The van der Waals surface area contributed by atoms with Crippen molar-refractivity contribution in [3.63, 3.8) is 0 Å². The maximum atomic E-state index is 3.44. The van der Waals surface area contributed by atoms with Crippen molar-refractivity contribution in [2.24, 2.45) is 0 Å². The fourth-order valence-corrected chi connectivity index (χ4v) is 3.47. The lowest BCUT2D eigenvalue weighted by Gasteiger charge is -2.22. The number of allylic oxidation sites excluding steroid dienone is 3. The van der Waals surface area contributed by atoms with Crippen molar-refractivity contribution < 1.29 is 0 Å². The molecule has 0 aliphatic heterocycles. The molecule has 0 radical (unpaired) electrons. The van der Waals surface area contributed by atoms with E-state index in [0.29, 0.717) is 0 Å². The third-order valence-electron chi connectivity index (χ3n) is 4.76. The van der Waals surface area contributed by atoms with Gasteiger partial charge in [0.15, 0.2) is 0 Å². The smallest absolute Gasteiger partial charge is 0.0901 e. The third-order valence-corrected chi connectivity index (χ3v) is 4.76. The first-order chi connectivity index (χ1) is 11.1. The fraction of sp³-hybridized carbons (Fsp3) is 0.182. The van der Waals surface area contributed by atoms with Crippen LogP contribution in [0.3, 0.4) is 0 Å². The van der Waals surface area contributed by atoms with Gasteiger partial charge < -0.3 is 5.32 Å². The summed E-state index contributed by atoms with van der Waals surface area (Å²) in [5, 5.41) is 3.44. The van der Waals surface area contributed by atoms with Gasteiger partial charge in [0.05, 0.1) is 5.70 Å². The average molecular weight is 297 g/mol. The van der Waals surface area contributed by atoms with E-state index < -0.39 is 0 Å². The number of fused-ring (bicyclic) bond motifs is 3. The Morgan fingerprint density at radius 2 is 1.65 bits per heavy atom. The van der Waals surface area contributed by atoms with Crippen LogP contribution in [0, 0.1) is 0 Å². The minimum Gasteiger partial charge on any atom is -0.349 e. The average Bonchev–Trinajstić information content (AvgIpc) is 2.78. The number of hydrogen-bond acceptors (Lipinski definition) is 1. The molecular weight excluding hydrogens is 278 g/mol. The molecule has 0 atom stereocenters. The van der Waals surface area contributed by atoms with Crippen molar-refractivity contribution in [3.05, 3.63) is 88.5 Å². The van der Waals surface area contributed by atoms with Crippen molar-refractivity contribution >= 4 is 5.69 Å². The lowest BCUT2D eigenvalue weighted by atomic mass is 9.82. The second kappa shape index (κ2) is 4.89. The molecule has 2 aromatic carbocycles. The van der Waals surface area contributed by atoms with E-state index in [0.717, 1.165) is 17.0 Å². The summed E-state index contributed by atoms with van der Waals surface area (Å²) in [6, 6.07) is 15.3. The van der Waals surface area contributed by atoms with Gasteiger partial charge >= 0.3 is 0 Å². The van der Waals surface area contributed by atoms with Crippen LogP contribution in [0.15, 0.2) is 77.3 Å². The standard InChI is InChI=1S/C22H19N/c1-15-8-10-16(11-9-15)23-17-12-13-19-18-6-4-5-7-20(18)22(2,3)21(19)14-17/h4-8,10,12-14,23H,1-3H3. The Balaban J connectivity index is 1.78. The zero-order valence-electron chi connectivity index (χ0n) is 13.7. The van der Waals surface area contributed by atoms with Crippen molar-refractivity contribution in [1.82, 2.24) is 0 Å². The summed E-state index contributed by atoms with van der Waals surface area (Å²) in [7, 11) is 0. The first-order valence-corrected chi connectivity index (χ1v) is 7.98. The molecule has 2 aromatic rings. The van der Waals surface area contributed by atoms with Gasteiger partial charge in [-0.2, -0.15) is 0 Å². The molecule has 2 aliphatic rings. The van der Waals surface area contributed by atoms with Crippen molar-refractivity contribution in [3.8, 4) is 11.1 Å². The minimum absolute atomic E-state index is 0.0345. The van der Waals surface area contributed by atoms with Gasteiger partial charge in [0.1, 0.15) is 0 Å². The highest BCUT2D eigenvalue weighted by atomic mass is 14.9. The normalized spacial score (nSPS) is 16.5. The quantitative estimate of drug-likeness (QED) is 0.716. The second-order valence-electron chi connectivity index (χ2n) is 6.74. The Kier molecular flexibility index (Phi) is 2.96. The highest BCUT2D eigenvalue weighted by Crippen LogP contribution is 2.49. The van der Waals surface area contributed by atoms with Crippen LogP contribution in [-0.2, 0) is 5.41 Å². The third kappa shape index (κ3) is 2.19. The minimum atomic E-state index is 0.0345. The SMILES string of the molecule is CC1=C=C=C(Nc2ccc3c(c2)C(C)(C)c2ccccc2-3)C=C1. The molecule has 0 saturated carbocycles. The first kappa shape index (κ1) is 13.9. The Labute approximate surface area is 137 Å². The molecule has 4 rings (SSSR count). The summed E-state index contributed by atoms with van der Waals surface area (Å²) < 4.78 is 0.